The third kappa shape index (κ3) is 6.21. The fourth-order valence-electron chi connectivity index (χ4n) is 4.41. The number of ether oxygens (including phenoxy) is 1. The Morgan fingerprint density at radius 3 is 2.91 bits per heavy atom. The van der Waals surface area contributed by atoms with Crippen LogP contribution in [0.15, 0.2) is 60.9 Å². The number of hydrogen-bond acceptors (Lipinski definition) is 5. The number of nitrogens with one attached hydrogen (secondary N) is 2. The lowest BCUT2D eigenvalue weighted by molar-refractivity contribution is -0.133. The van der Waals surface area contributed by atoms with Gasteiger partial charge in [0.05, 0.1) is 5.56 Å². The average Bonchev–Trinajstić information content (AvgIpc) is 2.86. The lowest BCUT2D eigenvalue weighted by Gasteiger charge is -2.39. The molecule has 2 N–H and O–H groups in total. The minimum Gasteiger partial charge on any atom is -0.483 e. The zero-order chi connectivity index (χ0) is 23.8. The third-order valence-electron chi connectivity index (χ3n) is 6.26. The number of nitrogens with zero attached hydrogens (tertiary/aromatic N) is 2. The molecule has 3 heterocycles. The highest BCUT2D eigenvalue weighted by Crippen LogP contribution is 2.24. The van der Waals surface area contributed by atoms with Crippen LogP contribution >= 0.6 is 0 Å². The number of amides is 3. The van der Waals surface area contributed by atoms with Crippen LogP contribution in [0.2, 0.25) is 0 Å². The maximum Gasteiger partial charge on any atom is 0.258 e. The maximum absolute atomic E-state index is 12.8. The van der Waals surface area contributed by atoms with E-state index in [1.807, 2.05) is 29.2 Å². The molecule has 1 fully saturated rings. The van der Waals surface area contributed by atoms with Crippen molar-refractivity contribution in [2.45, 2.75) is 31.7 Å². The summed E-state index contributed by atoms with van der Waals surface area (Å²) in [5.41, 5.74) is 1.51. The van der Waals surface area contributed by atoms with Gasteiger partial charge in [-0.3, -0.25) is 19.4 Å². The van der Waals surface area contributed by atoms with E-state index < -0.39 is 0 Å². The SMILES string of the molecule is O=C1COc2ccccc2C/C=C/C[C@H]2CN(C(=O)CCNC(=O)c3cccnc3)CC[C@H]2N1. The molecule has 0 unspecified atom stereocenters. The van der Waals surface area contributed by atoms with E-state index in [0.29, 0.717) is 25.1 Å². The van der Waals surface area contributed by atoms with E-state index in [2.05, 4.69) is 27.8 Å². The topological polar surface area (TPSA) is 101 Å². The van der Waals surface area contributed by atoms with Crippen molar-refractivity contribution in [3.05, 3.63) is 72.1 Å². The summed E-state index contributed by atoms with van der Waals surface area (Å²) in [5.74, 6) is 0.472. The second-order valence-electron chi connectivity index (χ2n) is 8.62. The van der Waals surface area contributed by atoms with Gasteiger partial charge in [-0.25, -0.2) is 0 Å². The summed E-state index contributed by atoms with van der Waals surface area (Å²) in [7, 11) is 0. The number of pyridine rings is 1. The summed E-state index contributed by atoms with van der Waals surface area (Å²) in [6.45, 7) is 1.39. The molecule has 0 spiro atoms. The van der Waals surface area contributed by atoms with Crippen molar-refractivity contribution in [1.82, 2.24) is 20.5 Å². The number of rotatable bonds is 4. The fourth-order valence-corrected chi connectivity index (χ4v) is 4.41. The Kier molecular flexibility index (Phi) is 7.91. The van der Waals surface area contributed by atoms with Gasteiger partial charge < -0.3 is 20.3 Å². The molecule has 178 valence electrons. The number of benzene rings is 1. The quantitative estimate of drug-likeness (QED) is 0.678. The lowest BCUT2D eigenvalue weighted by atomic mass is 9.88. The number of likely N-dealkylation sites (tertiary alicyclic amines) is 1. The van der Waals surface area contributed by atoms with Crippen LogP contribution in [-0.2, 0) is 16.0 Å². The van der Waals surface area contributed by atoms with Crippen LogP contribution in [0.1, 0.15) is 35.2 Å². The van der Waals surface area contributed by atoms with Gasteiger partial charge in [-0.15, -0.1) is 0 Å². The Hall–Kier alpha value is -3.68. The van der Waals surface area contributed by atoms with Crippen molar-refractivity contribution in [1.29, 1.82) is 0 Å². The van der Waals surface area contributed by atoms with Crippen LogP contribution in [0.25, 0.3) is 0 Å². The van der Waals surface area contributed by atoms with Crippen LogP contribution in [-0.4, -0.2) is 59.9 Å². The fraction of sp³-hybridized carbons (Fsp3) is 0.385. The van der Waals surface area contributed by atoms with Gasteiger partial charge in [0, 0.05) is 50.4 Å². The molecule has 34 heavy (non-hydrogen) atoms. The molecule has 2 aromatic rings. The van der Waals surface area contributed by atoms with Crippen molar-refractivity contribution in [3.8, 4) is 5.75 Å². The number of hydrogen-bond donors (Lipinski definition) is 2. The summed E-state index contributed by atoms with van der Waals surface area (Å²) in [4.78, 5) is 43.3. The minimum atomic E-state index is -0.240. The Morgan fingerprint density at radius 2 is 2.06 bits per heavy atom. The Labute approximate surface area is 199 Å². The molecular formula is C26H30N4O4. The Morgan fingerprint density at radius 1 is 1.18 bits per heavy atom. The second-order valence-corrected chi connectivity index (χ2v) is 8.62. The van der Waals surface area contributed by atoms with Crippen molar-refractivity contribution < 1.29 is 19.1 Å². The van der Waals surface area contributed by atoms with Crippen molar-refractivity contribution in [3.63, 3.8) is 0 Å². The molecule has 4 rings (SSSR count). The predicted octanol–water partition coefficient (Wildman–Crippen LogP) is 2.12. The van der Waals surface area contributed by atoms with Crippen LogP contribution in [0.3, 0.4) is 0 Å². The number of carbonyl (C=O) groups is 3. The van der Waals surface area contributed by atoms with Crippen molar-refractivity contribution >= 4 is 17.7 Å². The van der Waals surface area contributed by atoms with Gasteiger partial charge in [-0.05, 0) is 43.0 Å². The third-order valence-corrected chi connectivity index (χ3v) is 6.26. The zero-order valence-electron chi connectivity index (χ0n) is 19.1. The van der Waals surface area contributed by atoms with E-state index in [1.54, 1.807) is 18.3 Å². The Bertz CT molecular complexity index is 1040. The standard InChI is InChI=1S/C26H30N4O4/c31-24-18-34-23-10-4-3-7-19(23)6-1-2-8-21-17-30(15-12-22(21)29-24)25(32)11-14-28-26(33)20-9-5-13-27-16-20/h1-5,7,9-10,13,16,21-22H,6,8,11-12,14-15,17-18H2,(H,28,33)(H,29,31)/b2-1+/t21-,22+/m0/s1. The number of allylic oxidation sites excluding steroid dienone is 2. The smallest absolute Gasteiger partial charge is 0.258 e. The number of para-hydroxylation sites is 1. The van der Waals surface area contributed by atoms with E-state index in [4.69, 9.17) is 4.74 Å². The first-order valence-electron chi connectivity index (χ1n) is 11.7. The largest absolute Gasteiger partial charge is 0.483 e. The zero-order valence-corrected chi connectivity index (χ0v) is 19.1. The van der Waals surface area contributed by atoms with E-state index in [9.17, 15) is 14.4 Å². The molecule has 8 nitrogen and oxygen atoms in total. The number of piperidine rings is 1. The van der Waals surface area contributed by atoms with Gasteiger partial charge in [0.2, 0.25) is 5.91 Å². The Balaban J connectivity index is 1.33. The summed E-state index contributed by atoms with van der Waals surface area (Å²) >= 11 is 0. The summed E-state index contributed by atoms with van der Waals surface area (Å²) in [6, 6.07) is 11.1. The molecule has 1 saturated heterocycles. The lowest BCUT2D eigenvalue weighted by Crippen LogP contribution is -2.53. The first kappa shape index (κ1) is 23.5. The number of carbonyl (C=O) groups excluding carboxylic acids is 3. The van der Waals surface area contributed by atoms with Crippen LogP contribution in [0.5, 0.6) is 5.75 Å². The molecule has 0 bridgehead atoms. The number of aromatic nitrogens is 1. The molecule has 2 aliphatic heterocycles. The van der Waals surface area contributed by atoms with Crippen LogP contribution < -0.4 is 15.4 Å². The molecule has 1 aromatic heterocycles. The maximum atomic E-state index is 12.8. The predicted molar refractivity (Wildman–Crippen MR) is 127 cm³/mol. The summed E-state index contributed by atoms with van der Waals surface area (Å²) in [5, 5.41) is 5.88. The number of fused-ring (bicyclic) bond motifs is 2. The van der Waals surface area contributed by atoms with Gasteiger partial charge in [0.15, 0.2) is 6.61 Å². The highest BCUT2D eigenvalue weighted by atomic mass is 16.5. The highest BCUT2D eigenvalue weighted by Gasteiger charge is 2.31. The van der Waals surface area contributed by atoms with E-state index in [1.165, 1.54) is 6.20 Å². The molecule has 2 atom stereocenters. The van der Waals surface area contributed by atoms with Crippen LogP contribution in [0, 0.1) is 5.92 Å². The average molecular weight is 463 g/mol. The van der Waals surface area contributed by atoms with Gasteiger partial charge in [-0.1, -0.05) is 30.4 Å². The van der Waals surface area contributed by atoms with Gasteiger partial charge in [0.1, 0.15) is 5.75 Å². The van der Waals surface area contributed by atoms with Crippen molar-refractivity contribution in [2.24, 2.45) is 5.92 Å². The monoisotopic (exact) mass is 462 g/mol. The van der Waals surface area contributed by atoms with Gasteiger partial charge >= 0.3 is 0 Å². The molecule has 8 heteroatoms. The minimum absolute atomic E-state index is 0.00335. The molecule has 2 aliphatic rings. The van der Waals surface area contributed by atoms with Gasteiger partial charge in [0.25, 0.3) is 11.8 Å². The van der Waals surface area contributed by atoms with E-state index in [-0.39, 0.29) is 49.3 Å². The second kappa shape index (κ2) is 11.4. The molecule has 1 aromatic carbocycles. The molecular weight excluding hydrogens is 432 g/mol. The molecule has 0 radical (unpaired) electrons. The van der Waals surface area contributed by atoms with Crippen molar-refractivity contribution in [2.75, 3.05) is 26.2 Å². The van der Waals surface area contributed by atoms with Gasteiger partial charge in [-0.2, -0.15) is 0 Å². The first-order valence-corrected chi connectivity index (χ1v) is 11.7. The van der Waals surface area contributed by atoms with Crippen LogP contribution in [0.4, 0.5) is 0 Å². The molecule has 3 amide bonds. The van der Waals surface area contributed by atoms with E-state index >= 15 is 0 Å². The first-order chi connectivity index (χ1) is 16.6. The normalized spacial score (nSPS) is 21.4. The summed E-state index contributed by atoms with van der Waals surface area (Å²) in [6.07, 6.45) is 9.78. The van der Waals surface area contributed by atoms with E-state index in [0.717, 1.165) is 24.2 Å². The molecule has 0 saturated carbocycles. The molecule has 0 aliphatic carbocycles. The highest BCUT2D eigenvalue weighted by molar-refractivity contribution is 5.94. The summed E-state index contributed by atoms with van der Waals surface area (Å²) < 4.78 is 5.76.